The third-order valence-electron chi connectivity index (χ3n) is 3.19. The predicted molar refractivity (Wildman–Crippen MR) is 76.1 cm³/mol. The summed E-state index contributed by atoms with van der Waals surface area (Å²) in [6.45, 7) is 1.57. The molecule has 0 spiro atoms. The Morgan fingerprint density at radius 3 is 2.68 bits per heavy atom. The Morgan fingerprint density at radius 2 is 2.09 bits per heavy atom. The van der Waals surface area contributed by atoms with Crippen molar-refractivity contribution >= 4 is 22.6 Å². The van der Waals surface area contributed by atoms with E-state index in [1.165, 1.54) is 18.3 Å². The van der Waals surface area contributed by atoms with Crippen LogP contribution >= 0.6 is 0 Å². The van der Waals surface area contributed by atoms with Gasteiger partial charge in [-0.15, -0.1) is 0 Å². The zero-order valence-electron chi connectivity index (χ0n) is 11.6. The Labute approximate surface area is 124 Å². The van der Waals surface area contributed by atoms with Crippen LogP contribution in [0.25, 0.3) is 10.9 Å². The lowest BCUT2D eigenvalue weighted by Crippen LogP contribution is -2.33. The Kier molecular flexibility index (Phi) is 4.35. The van der Waals surface area contributed by atoms with Crippen molar-refractivity contribution in [2.45, 2.75) is 19.4 Å². The number of nitro benzene ring substituents is 1. The first-order chi connectivity index (χ1) is 10.5. The molecule has 0 amide bonds. The second-order valence-corrected chi connectivity index (χ2v) is 4.53. The standard InChI is InChI=1S/C13H13N3O6/c1-2-22-13(17)11(16(20)21)6-8-7-14-9-4-3-5-10(12(8)9)15(18)19/h3-5,7,11,14H,2,6H2,1H3. The number of non-ortho nitro benzene ring substituents is 1. The van der Waals surface area contributed by atoms with Crippen molar-refractivity contribution < 1.29 is 19.4 Å². The van der Waals surface area contributed by atoms with Crippen LogP contribution in [0, 0.1) is 20.2 Å². The molecule has 9 nitrogen and oxygen atoms in total. The summed E-state index contributed by atoms with van der Waals surface area (Å²) in [7, 11) is 0. The van der Waals surface area contributed by atoms with E-state index in [2.05, 4.69) is 9.72 Å². The van der Waals surface area contributed by atoms with Crippen LogP contribution in [0.4, 0.5) is 5.69 Å². The highest BCUT2D eigenvalue weighted by atomic mass is 16.6. The molecule has 0 fully saturated rings. The molecule has 0 radical (unpaired) electrons. The van der Waals surface area contributed by atoms with Gasteiger partial charge in [-0.05, 0) is 18.6 Å². The number of esters is 1. The molecule has 0 aliphatic rings. The van der Waals surface area contributed by atoms with Crippen molar-refractivity contribution in [1.29, 1.82) is 0 Å². The number of carbonyl (C=O) groups is 1. The average molecular weight is 307 g/mol. The summed E-state index contributed by atoms with van der Waals surface area (Å²) in [4.78, 5) is 35.3. The number of nitrogens with one attached hydrogen (secondary N) is 1. The summed E-state index contributed by atoms with van der Waals surface area (Å²) in [6, 6.07) is 2.85. The van der Waals surface area contributed by atoms with Crippen molar-refractivity contribution in [2.75, 3.05) is 6.61 Å². The predicted octanol–water partition coefficient (Wildman–Crippen LogP) is 1.83. The molecule has 1 aromatic heterocycles. The summed E-state index contributed by atoms with van der Waals surface area (Å²) in [5.74, 6) is -0.958. The molecule has 22 heavy (non-hydrogen) atoms. The largest absolute Gasteiger partial charge is 0.461 e. The molecule has 9 heteroatoms. The van der Waals surface area contributed by atoms with Gasteiger partial charge in [0.2, 0.25) is 0 Å². The minimum Gasteiger partial charge on any atom is -0.461 e. The molecule has 1 atom stereocenters. The molecule has 1 heterocycles. The lowest BCUT2D eigenvalue weighted by atomic mass is 10.0. The zero-order valence-corrected chi connectivity index (χ0v) is 11.6. The second kappa shape index (κ2) is 6.20. The van der Waals surface area contributed by atoms with Gasteiger partial charge in [0.15, 0.2) is 0 Å². The number of H-pyrrole nitrogens is 1. The van der Waals surface area contributed by atoms with E-state index in [0.717, 1.165) is 0 Å². The fraction of sp³-hybridized carbons (Fsp3) is 0.308. The first kappa shape index (κ1) is 15.4. The molecule has 0 saturated heterocycles. The van der Waals surface area contributed by atoms with Crippen LogP contribution in [0.15, 0.2) is 24.4 Å². The maximum atomic E-state index is 11.7. The highest BCUT2D eigenvalue weighted by molar-refractivity contribution is 5.92. The molecule has 116 valence electrons. The zero-order chi connectivity index (χ0) is 16.3. The molecule has 0 saturated carbocycles. The van der Waals surface area contributed by atoms with Crippen LogP contribution in [0.3, 0.4) is 0 Å². The van der Waals surface area contributed by atoms with Crippen LogP contribution in [0.2, 0.25) is 0 Å². The third-order valence-corrected chi connectivity index (χ3v) is 3.19. The van der Waals surface area contributed by atoms with Gasteiger partial charge in [0.1, 0.15) is 0 Å². The normalized spacial score (nSPS) is 12.0. The Morgan fingerprint density at radius 1 is 1.36 bits per heavy atom. The highest BCUT2D eigenvalue weighted by Gasteiger charge is 2.33. The lowest BCUT2D eigenvalue weighted by molar-refractivity contribution is -0.510. The van der Waals surface area contributed by atoms with E-state index in [1.54, 1.807) is 13.0 Å². The van der Waals surface area contributed by atoms with Crippen molar-refractivity contribution in [3.8, 4) is 0 Å². The van der Waals surface area contributed by atoms with Gasteiger partial charge in [0.05, 0.1) is 28.9 Å². The number of nitro groups is 2. The van der Waals surface area contributed by atoms with Crippen LogP contribution in [-0.2, 0) is 16.0 Å². The number of aromatic amines is 1. The maximum absolute atomic E-state index is 11.7. The van der Waals surface area contributed by atoms with Gasteiger partial charge in [-0.1, -0.05) is 6.07 Å². The van der Waals surface area contributed by atoms with Gasteiger partial charge in [0, 0.05) is 17.2 Å². The van der Waals surface area contributed by atoms with E-state index < -0.39 is 21.9 Å². The molecule has 0 aliphatic carbocycles. The minimum atomic E-state index is -1.60. The fourth-order valence-corrected chi connectivity index (χ4v) is 2.24. The summed E-state index contributed by atoms with van der Waals surface area (Å²) in [6.07, 6.45) is 1.16. The monoisotopic (exact) mass is 307 g/mol. The number of ether oxygens (including phenoxy) is 1. The first-order valence-electron chi connectivity index (χ1n) is 6.49. The quantitative estimate of drug-likeness (QED) is 0.492. The van der Waals surface area contributed by atoms with Crippen LogP contribution in [0.1, 0.15) is 12.5 Å². The highest BCUT2D eigenvalue weighted by Crippen LogP contribution is 2.29. The summed E-state index contributed by atoms with van der Waals surface area (Å²) >= 11 is 0. The number of hydrogen-bond donors (Lipinski definition) is 1. The number of rotatable bonds is 6. The number of carbonyl (C=O) groups excluding carboxylic acids is 1. The Balaban J connectivity index is 2.44. The fourth-order valence-electron chi connectivity index (χ4n) is 2.24. The van der Waals surface area contributed by atoms with Crippen LogP contribution in [0.5, 0.6) is 0 Å². The van der Waals surface area contributed by atoms with Crippen molar-refractivity contribution in [3.05, 3.63) is 50.2 Å². The number of nitrogens with zero attached hydrogens (tertiary/aromatic N) is 2. The molecule has 1 aromatic carbocycles. The minimum absolute atomic E-state index is 0.0250. The molecular formula is C13H13N3O6. The van der Waals surface area contributed by atoms with Gasteiger partial charge < -0.3 is 9.72 Å². The van der Waals surface area contributed by atoms with E-state index in [9.17, 15) is 25.0 Å². The molecule has 0 aliphatic heterocycles. The topological polar surface area (TPSA) is 128 Å². The van der Waals surface area contributed by atoms with E-state index in [-0.39, 0.29) is 24.1 Å². The number of fused-ring (bicyclic) bond motifs is 1. The van der Waals surface area contributed by atoms with Gasteiger partial charge >= 0.3 is 12.0 Å². The SMILES string of the molecule is CCOC(=O)C(Cc1c[nH]c2cccc([N+](=O)[O-])c12)[N+](=O)[O-]. The smallest absolute Gasteiger partial charge is 0.382 e. The number of benzene rings is 1. The van der Waals surface area contributed by atoms with Gasteiger partial charge in [-0.2, -0.15) is 0 Å². The van der Waals surface area contributed by atoms with E-state index in [4.69, 9.17) is 0 Å². The van der Waals surface area contributed by atoms with E-state index in [1.807, 2.05) is 0 Å². The number of hydrogen-bond acceptors (Lipinski definition) is 6. The van der Waals surface area contributed by atoms with Gasteiger partial charge in [-0.25, -0.2) is 4.79 Å². The lowest BCUT2D eigenvalue weighted by Gasteiger charge is -2.08. The van der Waals surface area contributed by atoms with Crippen molar-refractivity contribution in [3.63, 3.8) is 0 Å². The molecular weight excluding hydrogens is 294 g/mol. The average Bonchev–Trinajstić information content (AvgIpc) is 2.87. The molecule has 0 bridgehead atoms. The molecule has 2 aromatic rings. The van der Waals surface area contributed by atoms with Gasteiger partial charge in [0.25, 0.3) is 5.69 Å². The van der Waals surface area contributed by atoms with Crippen LogP contribution < -0.4 is 0 Å². The maximum Gasteiger partial charge on any atom is 0.382 e. The van der Waals surface area contributed by atoms with Crippen molar-refractivity contribution in [1.82, 2.24) is 4.98 Å². The van der Waals surface area contributed by atoms with Crippen molar-refractivity contribution in [2.24, 2.45) is 0 Å². The number of aromatic nitrogens is 1. The Bertz CT molecular complexity index is 738. The summed E-state index contributed by atoms with van der Waals surface area (Å²) < 4.78 is 4.68. The summed E-state index contributed by atoms with van der Waals surface area (Å²) in [5, 5.41) is 22.4. The Hall–Kier alpha value is -2.97. The summed E-state index contributed by atoms with van der Waals surface area (Å²) in [5.41, 5.74) is 0.645. The van der Waals surface area contributed by atoms with E-state index in [0.29, 0.717) is 11.1 Å². The first-order valence-corrected chi connectivity index (χ1v) is 6.49. The molecule has 2 rings (SSSR count). The van der Waals surface area contributed by atoms with Crippen LogP contribution in [-0.4, -0.2) is 33.4 Å². The van der Waals surface area contributed by atoms with Gasteiger partial charge in [-0.3, -0.25) is 20.2 Å². The van der Waals surface area contributed by atoms with E-state index >= 15 is 0 Å². The second-order valence-electron chi connectivity index (χ2n) is 4.53. The molecule has 1 unspecified atom stereocenters. The third kappa shape index (κ3) is 2.87. The molecule has 1 N–H and O–H groups in total.